The minimum Gasteiger partial charge on any atom is -0.390 e. The lowest BCUT2D eigenvalue weighted by Gasteiger charge is -2.28. The highest BCUT2D eigenvalue weighted by atomic mass is 16.3. The Labute approximate surface area is 70.9 Å². The Balaban J connectivity index is 4.13. The van der Waals surface area contributed by atoms with Crippen LogP contribution in [0.25, 0.3) is 0 Å². The largest absolute Gasteiger partial charge is 0.390 e. The minimum atomic E-state index is -0.622. The van der Waals surface area contributed by atoms with E-state index in [1.54, 1.807) is 13.8 Å². The van der Waals surface area contributed by atoms with Gasteiger partial charge in [-0.25, -0.2) is 0 Å². The predicted octanol–water partition coefficient (Wildman–Crippen LogP) is 1.86. The SMILES string of the molecule is [B]/C=C/C(C)(C)CC(C)(C)O. The first-order chi connectivity index (χ1) is 4.77. The molecule has 0 rings (SSSR count). The van der Waals surface area contributed by atoms with Gasteiger partial charge in [0.05, 0.1) is 5.60 Å². The van der Waals surface area contributed by atoms with Crippen molar-refractivity contribution in [3.63, 3.8) is 0 Å². The average molecular weight is 152 g/mol. The summed E-state index contributed by atoms with van der Waals surface area (Å²) >= 11 is 0. The molecule has 0 fully saturated rings. The molecule has 62 valence electrons. The van der Waals surface area contributed by atoms with Gasteiger partial charge in [0, 0.05) is 0 Å². The maximum atomic E-state index is 9.51. The lowest BCUT2D eigenvalue weighted by Crippen LogP contribution is -2.26. The third-order valence-electron chi connectivity index (χ3n) is 1.44. The molecular weight excluding hydrogens is 135 g/mol. The Hall–Kier alpha value is -0.235. The zero-order chi connectivity index (χ0) is 9.12. The van der Waals surface area contributed by atoms with Crippen LogP contribution in [0, 0.1) is 5.41 Å². The van der Waals surface area contributed by atoms with Crippen molar-refractivity contribution in [3.05, 3.63) is 12.1 Å². The molecule has 0 aromatic carbocycles. The highest BCUT2D eigenvalue weighted by Crippen LogP contribution is 2.28. The van der Waals surface area contributed by atoms with Crippen molar-refractivity contribution in [1.29, 1.82) is 0 Å². The molecule has 0 unspecified atom stereocenters. The van der Waals surface area contributed by atoms with Crippen molar-refractivity contribution in [3.8, 4) is 0 Å². The van der Waals surface area contributed by atoms with Crippen molar-refractivity contribution in [1.82, 2.24) is 0 Å². The Morgan fingerprint density at radius 3 is 2.00 bits per heavy atom. The van der Waals surface area contributed by atoms with Gasteiger partial charge in [0.1, 0.15) is 7.85 Å². The Morgan fingerprint density at radius 1 is 1.27 bits per heavy atom. The molecular formula is C9H17BO. The van der Waals surface area contributed by atoms with E-state index in [1.165, 1.54) is 5.98 Å². The van der Waals surface area contributed by atoms with Crippen LogP contribution in [0.5, 0.6) is 0 Å². The van der Waals surface area contributed by atoms with Crippen LogP contribution < -0.4 is 0 Å². The summed E-state index contributed by atoms with van der Waals surface area (Å²) in [6.07, 6.45) is 2.62. The van der Waals surface area contributed by atoms with Crippen molar-refractivity contribution in [2.75, 3.05) is 0 Å². The van der Waals surface area contributed by atoms with Gasteiger partial charge in [-0.1, -0.05) is 19.9 Å². The molecule has 0 aromatic heterocycles. The highest BCUT2D eigenvalue weighted by Gasteiger charge is 2.23. The third kappa shape index (κ3) is 6.17. The fourth-order valence-electron chi connectivity index (χ4n) is 1.43. The lowest BCUT2D eigenvalue weighted by atomic mass is 9.80. The molecule has 0 amide bonds. The average Bonchev–Trinajstić information content (AvgIpc) is 1.55. The van der Waals surface area contributed by atoms with E-state index in [0.717, 1.165) is 0 Å². The van der Waals surface area contributed by atoms with Crippen LogP contribution >= 0.6 is 0 Å². The van der Waals surface area contributed by atoms with Crippen LogP contribution in [0.2, 0.25) is 0 Å². The van der Waals surface area contributed by atoms with Gasteiger partial charge in [-0.15, -0.1) is 5.98 Å². The highest BCUT2D eigenvalue weighted by molar-refractivity contribution is 6.17. The van der Waals surface area contributed by atoms with Gasteiger partial charge in [0.2, 0.25) is 0 Å². The van der Waals surface area contributed by atoms with Gasteiger partial charge >= 0.3 is 0 Å². The number of aliphatic hydroxyl groups is 1. The first kappa shape index (κ1) is 10.8. The molecule has 0 aliphatic rings. The van der Waals surface area contributed by atoms with Crippen LogP contribution in [0.3, 0.4) is 0 Å². The summed E-state index contributed by atoms with van der Waals surface area (Å²) in [6, 6.07) is 0. The number of hydrogen-bond acceptors (Lipinski definition) is 1. The van der Waals surface area contributed by atoms with Crippen LogP contribution in [0.1, 0.15) is 34.1 Å². The molecule has 2 heteroatoms. The lowest BCUT2D eigenvalue weighted by molar-refractivity contribution is 0.0439. The van der Waals surface area contributed by atoms with E-state index in [1.807, 2.05) is 19.9 Å². The van der Waals surface area contributed by atoms with E-state index < -0.39 is 5.60 Å². The molecule has 0 aliphatic heterocycles. The summed E-state index contributed by atoms with van der Waals surface area (Å²) < 4.78 is 0. The normalized spacial score (nSPS) is 14.3. The molecule has 0 heterocycles. The zero-order valence-electron chi connectivity index (χ0n) is 7.89. The topological polar surface area (TPSA) is 20.2 Å². The summed E-state index contributed by atoms with van der Waals surface area (Å²) in [5, 5.41) is 9.51. The van der Waals surface area contributed by atoms with Crippen molar-refractivity contribution in [2.24, 2.45) is 5.41 Å². The van der Waals surface area contributed by atoms with Gasteiger partial charge in [-0.2, -0.15) is 0 Å². The van der Waals surface area contributed by atoms with Crippen LogP contribution in [-0.2, 0) is 0 Å². The summed E-state index contributed by atoms with van der Waals surface area (Å²) in [5.41, 5.74) is -0.643. The zero-order valence-corrected chi connectivity index (χ0v) is 7.89. The molecule has 1 N–H and O–H groups in total. The minimum absolute atomic E-state index is 0.0208. The molecule has 0 spiro atoms. The molecule has 1 nitrogen and oxygen atoms in total. The second kappa shape index (κ2) is 3.44. The molecule has 0 aromatic rings. The fourth-order valence-corrected chi connectivity index (χ4v) is 1.43. The van der Waals surface area contributed by atoms with Gasteiger partial charge < -0.3 is 5.11 Å². The predicted molar refractivity (Wildman–Crippen MR) is 49.6 cm³/mol. The summed E-state index contributed by atoms with van der Waals surface area (Å²) in [6.45, 7) is 7.71. The van der Waals surface area contributed by atoms with Crippen molar-refractivity contribution >= 4 is 7.85 Å². The quantitative estimate of drug-likeness (QED) is 0.612. The molecule has 0 aliphatic carbocycles. The standard InChI is InChI=1S/C9H17BO/c1-8(2,5-6-10)7-9(3,4)11/h5-6,11H,7H2,1-4H3/b6-5+. The van der Waals surface area contributed by atoms with Crippen LogP contribution in [0.4, 0.5) is 0 Å². The van der Waals surface area contributed by atoms with E-state index in [9.17, 15) is 5.11 Å². The monoisotopic (exact) mass is 152 g/mol. The van der Waals surface area contributed by atoms with E-state index in [2.05, 4.69) is 0 Å². The molecule has 2 radical (unpaired) electrons. The van der Waals surface area contributed by atoms with Crippen molar-refractivity contribution < 1.29 is 5.11 Å². The maximum absolute atomic E-state index is 9.51. The molecule has 0 bridgehead atoms. The van der Waals surface area contributed by atoms with Gasteiger partial charge in [0.25, 0.3) is 0 Å². The van der Waals surface area contributed by atoms with Crippen LogP contribution in [-0.4, -0.2) is 18.6 Å². The van der Waals surface area contributed by atoms with E-state index in [4.69, 9.17) is 7.85 Å². The number of hydrogen-bond donors (Lipinski definition) is 1. The van der Waals surface area contributed by atoms with Gasteiger partial charge in [0.15, 0.2) is 0 Å². The Bertz CT molecular complexity index is 142. The smallest absolute Gasteiger partial charge is 0.102 e. The maximum Gasteiger partial charge on any atom is 0.102 e. The Kier molecular flexibility index (Phi) is 3.37. The number of allylic oxidation sites excluding steroid dienone is 1. The van der Waals surface area contributed by atoms with Crippen molar-refractivity contribution in [2.45, 2.75) is 39.7 Å². The fraction of sp³-hybridized carbons (Fsp3) is 0.778. The molecule has 0 saturated heterocycles. The first-order valence-electron chi connectivity index (χ1n) is 3.89. The summed E-state index contributed by atoms with van der Waals surface area (Å²) in [5.74, 6) is 1.53. The summed E-state index contributed by atoms with van der Waals surface area (Å²) in [7, 11) is 5.27. The summed E-state index contributed by atoms with van der Waals surface area (Å²) in [4.78, 5) is 0. The third-order valence-corrected chi connectivity index (χ3v) is 1.44. The Morgan fingerprint density at radius 2 is 1.73 bits per heavy atom. The molecule has 0 atom stereocenters. The van der Waals surface area contributed by atoms with E-state index in [0.29, 0.717) is 6.42 Å². The number of rotatable bonds is 3. The second-order valence-electron chi connectivity index (χ2n) is 4.34. The molecule has 11 heavy (non-hydrogen) atoms. The van der Waals surface area contributed by atoms with Crippen LogP contribution in [0.15, 0.2) is 12.1 Å². The van der Waals surface area contributed by atoms with Gasteiger partial charge in [-0.3, -0.25) is 0 Å². The van der Waals surface area contributed by atoms with Gasteiger partial charge in [-0.05, 0) is 25.7 Å². The second-order valence-corrected chi connectivity index (χ2v) is 4.34. The molecule has 0 saturated carbocycles. The van der Waals surface area contributed by atoms with E-state index >= 15 is 0 Å². The van der Waals surface area contributed by atoms with E-state index in [-0.39, 0.29) is 5.41 Å². The first-order valence-corrected chi connectivity index (χ1v) is 3.89.